The molecule has 4 rings (SSSR count). The summed E-state index contributed by atoms with van der Waals surface area (Å²) in [4.78, 5) is 26.6. The minimum absolute atomic E-state index is 0.0170. The van der Waals surface area contributed by atoms with Gasteiger partial charge in [0.05, 0.1) is 16.1 Å². The Morgan fingerprint density at radius 1 is 1.27 bits per heavy atom. The number of hydrogen-bond donors (Lipinski definition) is 2. The van der Waals surface area contributed by atoms with Crippen LogP contribution in [0.25, 0.3) is 16.6 Å². The first-order valence-corrected chi connectivity index (χ1v) is 9.14. The molecular weight excluding hydrogens is 350 g/mol. The van der Waals surface area contributed by atoms with E-state index < -0.39 is 0 Å². The van der Waals surface area contributed by atoms with Gasteiger partial charge in [-0.1, -0.05) is 11.6 Å². The van der Waals surface area contributed by atoms with Crippen molar-refractivity contribution >= 4 is 39.8 Å². The molecule has 26 heavy (non-hydrogen) atoms. The summed E-state index contributed by atoms with van der Waals surface area (Å²) in [6.45, 7) is 4.17. The number of rotatable bonds is 2. The topological polar surface area (TPSA) is 85.7 Å². The molecule has 7 heteroatoms. The second-order valence-electron chi connectivity index (χ2n) is 7.04. The van der Waals surface area contributed by atoms with Gasteiger partial charge in [-0.3, -0.25) is 4.79 Å². The number of carbonyl (C=O) groups excluding carboxylic acids is 1. The van der Waals surface area contributed by atoms with Crippen molar-refractivity contribution in [2.24, 2.45) is 0 Å². The fourth-order valence-electron chi connectivity index (χ4n) is 3.90. The van der Waals surface area contributed by atoms with Crippen molar-refractivity contribution in [1.29, 1.82) is 5.41 Å². The Labute approximate surface area is 156 Å². The monoisotopic (exact) mass is 369 g/mol. The van der Waals surface area contributed by atoms with E-state index in [4.69, 9.17) is 17.0 Å². The van der Waals surface area contributed by atoms with Gasteiger partial charge in [0.1, 0.15) is 12.0 Å². The number of amides is 1. The number of aromatic amines is 1. The smallest absolute Gasteiger partial charge is 0.250 e. The van der Waals surface area contributed by atoms with E-state index in [1.165, 1.54) is 6.33 Å². The van der Waals surface area contributed by atoms with Crippen molar-refractivity contribution in [3.63, 3.8) is 0 Å². The maximum atomic E-state index is 13.1. The number of nitrogens with zero attached hydrogens (tertiary/aromatic N) is 3. The van der Waals surface area contributed by atoms with E-state index in [0.29, 0.717) is 39.5 Å². The highest BCUT2D eigenvalue weighted by molar-refractivity contribution is 6.36. The third kappa shape index (κ3) is 2.74. The minimum atomic E-state index is 0.0170. The van der Waals surface area contributed by atoms with E-state index in [-0.39, 0.29) is 18.0 Å². The summed E-state index contributed by atoms with van der Waals surface area (Å²) in [5.41, 5.74) is 3.02. The van der Waals surface area contributed by atoms with Gasteiger partial charge in [0.25, 0.3) is 5.91 Å². The number of carbonyl (C=O) groups is 1. The molecule has 1 saturated heterocycles. The van der Waals surface area contributed by atoms with Crippen LogP contribution in [0.1, 0.15) is 38.8 Å². The molecule has 1 amide bonds. The Balaban J connectivity index is 1.76. The summed E-state index contributed by atoms with van der Waals surface area (Å²) in [6.07, 6.45) is 9.11. The zero-order valence-corrected chi connectivity index (χ0v) is 15.5. The highest BCUT2D eigenvalue weighted by atomic mass is 35.5. The summed E-state index contributed by atoms with van der Waals surface area (Å²) < 4.78 is 0. The largest absolute Gasteiger partial charge is 0.344 e. The van der Waals surface area contributed by atoms with E-state index in [0.717, 1.165) is 18.4 Å². The molecule has 6 nitrogen and oxygen atoms in total. The Kier molecular flexibility index (Phi) is 4.15. The van der Waals surface area contributed by atoms with Crippen molar-refractivity contribution in [3.05, 3.63) is 41.0 Å². The molecule has 134 valence electrons. The molecule has 0 aromatic carbocycles. The molecule has 2 aromatic rings. The summed E-state index contributed by atoms with van der Waals surface area (Å²) >= 11 is 6.29. The molecule has 3 heterocycles. The number of likely N-dealkylation sites (tertiary alicyclic amines) is 1. The van der Waals surface area contributed by atoms with Gasteiger partial charge < -0.3 is 15.3 Å². The fraction of sp³-hybridized carbons (Fsp3) is 0.368. The zero-order chi connectivity index (χ0) is 18.4. The van der Waals surface area contributed by atoms with E-state index in [1.54, 1.807) is 12.3 Å². The molecule has 2 aliphatic rings. The number of aromatic nitrogens is 3. The molecule has 2 aromatic heterocycles. The van der Waals surface area contributed by atoms with Crippen LogP contribution in [-0.2, 0) is 4.79 Å². The predicted molar refractivity (Wildman–Crippen MR) is 102 cm³/mol. The van der Waals surface area contributed by atoms with Crippen LogP contribution < -0.4 is 0 Å². The lowest BCUT2D eigenvalue weighted by atomic mass is 9.94. The first-order valence-electron chi connectivity index (χ1n) is 8.76. The zero-order valence-electron chi connectivity index (χ0n) is 14.7. The molecule has 0 unspecified atom stereocenters. The number of hydrogen-bond acceptors (Lipinski definition) is 4. The molecule has 1 fully saturated rings. The van der Waals surface area contributed by atoms with Gasteiger partial charge in [-0.15, -0.1) is 0 Å². The van der Waals surface area contributed by atoms with Gasteiger partial charge in [0.15, 0.2) is 0 Å². The number of H-pyrrole nitrogens is 1. The lowest BCUT2D eigenvalue weighted by molar-refractivity contribution is -0.129. The highest BCUT2D eigenvalue weighted by Crippen LogP contribution is 2.33. The predicted octanol–water partition coefficient (Wildman–Crippen LogP) is 3.74. The average molecular weight is 370 g/mol. The van der Waals surface area contributed by atoms with E-state index >= 15 is 0 Å². The lowest BCUT2D eigenvalue weighted by Gasteiger charge is -2.28. The van der Waals surface area contributed by atoms with Gasteiger partial charge in [-0.05, 0) is 38.8 Å². The summed E-state index contributed by atoms with van der Waals surface area (Å²) in [5.74, 6) is 0.0170. The third-order valence-corrected chi connectivity index (χ3v) is 5.49. The Hall–Kier alpha value is -2.47. The van der Waals surface area contributed by atoms with Crippen LogP contribution >= 0.6 is 11.6 Å². The quantitative estimate of drug-likeness (QED) is 0.845. The summed E-state index contributed by atoms with van der Waals surface area (Å²) in [6, 6.07) is 0.457. The molecular formula is C19H20ClN5O. The number of halogens is 1. The first kappa shape index (κ1) is 17.0. The van der Waals surface area contributed by atoms with Crippen LogP contribution in [0.3, 0.4) is 0 Å². The normalized spacial score (nSPS) is 23.3. The second kappa shape index (κ2) is 6.36. The minimum Gasteiger partial charge on any atom is -0.344 e. The first-order chi connectivity index (χ1) is 12.5. The fourth-order valence-corrected chi connectivity index (χ4v) is 4.14. The van der Waals surface area contributed by atoms with Crippen molar-refractivity contribution in [1.82, 2.24) is 19.9 Å². The number of allylic oxidation sites excluding steroid dienone is 3. The van der Waals surface area contributed by atoms with Crippen molar-refractivity contribution in [3.8, 4) is 0 Å². The Morgan fingerprint density at radius 3 is 2.73 bits per heavy atom. The van der Waals surface area contributed by atoms with Crippen LogP contribution in [0.5, 0.6) is 0 Å². The van der Waals surface area contributed by atoms with E-state index in [2.05, 4.69) is 28.8 Å². The van der Waals surface area contributed by atoms with Crippen LogP contribution in [-0.4, -0.2) is 43.6 Å². The van der Waals surface area contributed by atoms with Crippen LogP contribution in [0.2, 0.25) is 5.02 Å². The Morgan fingerprint density at radius 2 is 2.00 bits per heavy atom. The summed E-state index contributed by atoms with van der Waals surface area (Å²) in [5, 5.41) is 9.45. The van der Waals surface area contributed by atoms with Gasteiger partial charge in [-0.25, -0.2) is 9.97 Å². The number of fused-ring (bicyclic) bond motifs is 1. The lowest BCUT2D eigenvalue weighted by Crippen LogP contribution is -2.40. The highest BCUT2D eigenvalue weighted by Gasteiger charge is 2.33. The second-order valence-corrected chi connectivity index (χ2v) is 7.45. The van der Waals surface area contributed by atoms with E-state index in [9.17, 15) is 4.79 Å². The van der Waals surface area contributed by atoms with Crippen LogP contribution in [0, 0.1) is 5.41 Å². The van der Waals surface area contributed by atoms with Crippen molar-refractivity contribution in [2.45, 2.75) is 45.2 Å². The Bertz CT molecular complexity index is 963. The maximum Gasteiger partial charge on any atom is 0.250 e. The molecule has 0 saturated carbocycles. The number of nitrogens with one attached hydrogen (secondary N) is 2. The van der Waals surface area contributed by atoms with Crippen LogP contribution in [0.15, 0.2) is 30.2 Å². The van der Waals surface area contributed by atoms with E-state index in [1.807, 2.05) is 11.0 Å². The maximum absolute atomic E-state index is 13.1. The van der Waals surface area contributed by atoms with Gasteiger partial charge in [-0.2, -0.15) is 0 Å². The standard InChI is InChI=1S/C19H20ClN5O/c1-10-3-4-11(2)25(10)19(26)13-5-12(6-14(21)7-13)17-16-15(20)8-22-18(16)24-9-23-17/h5-6,8-11,21H,3-4,7H2,1-2H3,(H,22,23,24)/t10-,11-/m1/s1. The molecule has 0 bridgehead atoms. The van der Waals surface area contributed by atoms with Crippen molar-refractivity contribution in [2.75, 3.05) is 0 Å². The average Bonchev–Trinajstić information content (AvgIpc) is 3.16. The molecule has 2 N–H and O–H groups in total. The van der Waals surface area contributed by atoms with Crippen LogP contribution in [0.4, 0.5) is 0 Å². The molecule has 1 aliphatic carbocycles. The molecule has 0 spiro atoms. The van der Waals surface area contributed by atoms with Gasteiger partial charge in [0, 0.05) is 41.6 Å². The summed E-state index contributed by atoms with van der Waals surface area (Å²) in [7, 11) is 0. The van der Waals surface area contributed by atoms with Gasteiger partial charge >= 0.3 is 0 Å². The SMILES string of the molecule is C[C@@H]1CC[C@@H](C)N1C(=O)C1=CC(c2ncnc3[nH]cc(Cl)c23)=CC(=N)C1. The third-order valence-electron chi connectivity index (χ3n) is 5.20. The molecule has 0 radical (unpaired) electrons. The molecule has 1 aliphatic heterocycles. The molecule has 2 atom stereocenters. The van der Waals surface area contributed by atoms with Crippen molar-refractivity contribution < 1.29 is 4.79 Å². The van der Waals surface area contributed by atoms with Gasteiger partial charge in [0.2, 0.25) is 0 Å².